The number of hydrogen-bond donors (Lipinski definition) is 1. The first-order valence-electron chi connectivity index (χ1n) is 10.2. The molecule has 0 saturated carbocycles. The van der Waals surface area contributed by atoms with Gasteiger partial charge in [-0.3, -0.25) is 14.5 Å². The zero-order chi connectivity index (χ0) is 23.5. The molecule has 0 spiro atoms. The highest BCUT2D eigenvalue weighted by Crippen LogP contribution is 2.43. The molecule has 8 heteroatoms. The average molecular weight is 464 g/mol. The lowest BCUT2D eigenvalue weighted by molar-refractivity contribution is -0.117. The predicted molar refractivity (Wildman–Crippen MR) is 124 cm³/mol. The van der Waals surface area contributed by atoms with Crippen molar-refractivity contribution in [1.82, 2.24) is 0 Å². The van der Waals surface area contributed by atoms with Crippen molar-refractivity contribution in [3.05, 3.63) is 93.4 Å². The van der Waals surface area contributed by atoms with E-state index in [9.17, 15) is 19.5 Å². The molecule has 0 bridgehead atoms. The summed E-state index contributed by atoms with van der Waals surface area (Å²) in [5.41, 5.74) is 1.15. The molecular formula is C25H21NO6S. The van der Waals surface area contributed by atoms with Crippen molar-refractivity contribution in [2.75, 3.05) is 18.6 Å². The number of ether oxygens (including phenoxy) is 2. The maximum Gasteiger partial charge on any atom is 0.338 e. The molecule has 168 valence electrons. The van der Waals surface area contributed by atoms with Gasteiger partial charge < -0.3 is 14.6 Å². The number of ketones is 1. The van der Waals surface area contributed by atoms with Gasteiger partial charge in [-0.2, -0.15) is 0 Å². The molecule has 1 atom stereocenters. The average Bonchev–Trinajstić information content (AvgIpc) is 3.46. The van der Waals surface area contributed by atoms with Crippen LogP contribution in [0.25, 0.3) is 0 Å². The van der Waals surface area contributed by atoms with E-state index < -0.39 is 29.5 Å². The standard InChI is InChI=1S/C25H21NO6S/c1-3-32-25(30)16-8-4-9-17(13-16)26-21(15-7-5-10-18(14-15)31-2)20(23(28)24(26)29)22(27)19-11-6-12-33-19/h4-14,21,28H,3H2,1-2H3. The van der Waals surface area contributed by atoms with Crippen LogP contribution in [0.4, 0.5) is 5.69 Å². The van der Waals surface area contributed by atoms with Crippen LogP contribution in [0.15, 0.2) is 77.4 Å². The second-order valence-electron chi connectivity index (χ2n) is 7.19. The van der Waals surface area contributed by atoms with Gasteiger partial charge in [0.05, 0.1) is 35.8 Å². The van der Waals surface area contributed by atoms with Gasteiger partial charge in [-0.15, -0.1) is 11.3 Å². The van der Waals surface area contributed by atoms with E-state index >= 15 is 0 Å². The first-order chi connectivity index (χ1) is 16.0. The molecule has 1 aliphatic rings. The van der Waals surface area contributed by atoms with Crippen LogP contribution in [0.1, 0.15) is 38.6 Å². The number of rotatable bonds is 7. The molecule has 1 aliphatic heterocycles. The van der Waals surface area contributed by atoms with E-state index in [1.54, 1.807) is 66.9 Å². The van der Waals surface area contributed by atoms with E-state index in [1.165, 1.54) is 29.4 Å². The van der Waals surface area contributed by atoms with Crippen LogP contribution in [0.5, 0.6) is 5.75 Å². The molecule has 1 unspecified atom stereocenters. The van der Waals surface area contributed by atoms with Crippen molar-refractivity contribution in [1.29, 1.82) is 0 Å². The Morgan fingerprint density at radius 1 is 1.09 bits per heavy atom. The van der Waals surface area contributed by atoms with Crippen molar-refractivity contribution in [3.8, 4) is 5.75 Å². The zero-order valence-electron chi connectivity index (χ0n) is 18.0. The van der Waals surface area contributed by atoms with Crippen LogP contribution in [-0.2, 0) is 9.53 Å². The minimum atomic E-state index is -0.917. The summed E-state index contributed by atoms with van der Waals surface area (Å²) in [6, 6.07) is 15.8. The largest absolute Gasteiger partial charge is 0.503 e. The lowest BCUT2D eigenvalue weighted by atomic mass is 9.95. The van der Waals surface area contributed by atoms with Gasteiger partial charge in [0.15, 0.2) is 5.76 Å². The summed E-state index contributed by atoms with van der Waals surface area (Å²) in [5.74, 6) is -1.79. The van der Waals surface area contributed by atoms with Crippen LogP contribution in [0.2, 0.25) is 0 Å². The van der Waals surface area contributed by atoms with Gasteiger partial charge in [0.1, 0.15) is 5.75 Å². The van der Waals surface area contributed by atoms with Crippen LogP contribution in [0, 0.1) is 0 Å². The highest BCUT2D eigenvalue weighted by atomic mass is 32.1. The summed E-state index contributed by atoms with van der Waals surface area (Å²) in [7, 11) is 1.52. The zero-order valence-corrected chi connectivity index (χ0v) is 18.8. The SMILES string of the molecule is CCOC(=O)c1cccc(N2C(=O)C(O)=C(C(=O)c3cccs3)C2c2cccc(OC)c2)c1. The summed E-state index contributed by atoms with van der Waals surface area (Å²) < 4.78 is 10.4. The molecule has 0 aliphatic carbocycles. The molecule has 1 amide bonds. The van der Waals surface area contributed by atoms with E-state index in [-0.39, 0.29) is 17.7 Å². The number of carbonyl (C=O) groups is 3. The van der Waals surface area contributed by atoms with Gasteiger partial charge in [-0.1, -0.05) is 24.3 Å². The van der Waals surface area contributed by atoms with Gasteiger partial charge in [-0.05, 0) is 54.3 Å². The molecule has 0 saturated heterocycles. The summed E-state index contributed by atoms with van der Waals surface area (Å²) in [6.45, 7) is 1.91. The highest BCUT2D eigenvalue weighted by molar-refractivity contribution is 7.12. The lowest BCUT2D eigenvalue weighted by Crippen LogP contribution is -2.31. The fraction of sp³-hybridized carbons (Fsp3) is 0.160. The maximum absolute atomic E-state index is 13.3. The number of aliphatic hydroxyl groups excluding tert-OH is 1. The molecule has 3 aromatic rings. The third kappa shape index (κ3) is 4.12. The number of Topliss-reactive ketones (excluding diaryl/α,β-unsaturated/α-hetero) is 1. The van der Waals surface area contributed by atoms with Gasteiger partial charge in [0, 0.05) is 5.69 Å². The summed E-state index contributed by atoms with van der Waals surface area (Å²) >= 11 is 1.22. The number of carbonyl (C=O) groups excluding carboxylic acids is 3. The Morgan fingerprint density at radius 2 is 1.88 bits per heavy atom. The number of nitrogens with zero attached hydrogens (tertiary/aromatic N) is 1. The highest BCUT2D eigenvalue weighted by Gasteiger charge is 2.45. The molecule has 0 radical (unpaired) electrons. The second kappa shape index (κ2) is 9.30. The number of amides is 1. The summed E-state index contributed by atoms with van der Waals surface area (Å²) in [4.78, 5) is 40.6. The number of anilines is 1. The molecular weight excluding hydrogens is 442 g/mol. The third-order valence-corrected chi connectivity index (χ3v) is 6.11. The van der Waals surface area contributed by atoms with Gasteiger partial charge in [0.2, 0.25) is 5.78 Å². The van der Waals surface area contributed by atoms with Gasteiger partial charge >= 0.3 is 5.97 Å². The Kier molecular flexibility index (Phi) is 6.28. The van der Waals surface area contributed by atoms with E-state index in [0.29, 0.717) is 21.9 Å². The minimum absolute atomic E-state index is 0.0303. The number of benzene rings is 2. The van der Waals surface area contributed by atoms with Crippen LogP contribution in [-0.4, -0.2) is 36.5 Å². The van der Waals surface area contributed by atoms with Crippen molar-refractivity contribution < 1.29 is 29.0 Å². The molecule has 7 nitrogen and oxygen atoms in total. The van der Waals surface area contributed by atoms with Crippen molar-refractivity contribution in [2.45, 2.75) is 13.0 Å². The van der Waals surface area contributed by atoms with Crippen molar-refractivity contribution in [3.63, 3.8) is 0 Å². The summed E-state index contributed by atoms with van der Waals surface area (Å²) in [6.07, 6.45) is 0. The molecule has 4 rings (SSSR count). The minimum Gasteiger partial charge on any atom is -0.503 e. The van der Waals surface area contributed by atoms with Crippen molar-refractivity contribution in [2.24, 2.45) is 0 Å². The van der Waals surface area contributed by atoms with Crippen LogP contribution >= 0.6 is 11.3 Å². The number of thiophene rings is 1. The Balaban J connectivity index is 1.86. The number of hydrogen-bond acceptors (Lipinski definition) is 7. The summed E-state index contributed by atoms with van der Waals surface area (Å²) in [5, 5.41) is 12.6. The second-order valence-corrected chi connectivity index (χ2v) is 8.14. The maximum atomic E-state index is 13.3. The normalized spacial score (nSPS) is 15.6. The number of esters is 1. The number of methoxy groups -OCH3 is 1. The molecule has 1 aromatic heterocycles. The third-order valence-electron chi connectivity index (χ3n) is 5.24. The topological polar surface area (TPSA) is 93.1 Å². The van der Waals surface area contributed by atoms with Crippen LogP contribution < -0.4 is 9.64 Å². The van der Waals surface area contributed by atoms with E-state index in [0.717, 1.165) is 0 Å². The monoisotopic (exact) mass is 463 g/mol. The fourth-order valence-electron chi connectivity index (χ4n) is 3.77. The first-order valence-corrected chi connectivity index (χ1v) is 11.1. The van der Waals surface area contributed by atoms with Gasteiger partial charge in [-0.25, -0.2) is 4.79 Å². The van der Waals surface area contributed by atoms with Crippen molar-refractivity contribution >= 4 is 34.7 Å². The van der Waals surface area contributed by atoms with E-state index in [1.807, 2.05) is 0 Å². The quantitative estimate of drug-likeness (QED) is 0.403. The molecule has 2 heterocycles. The van der Waals surface area contributed by atoms with E-state index in [4.69, 9.17) is 9.47 Å². The van der Waals surface area contributed by atoms with Crippen LogP contribution in [0.3, 0.4) is 0 Å². The predicted octanol–water partition coefficient (Wildman–Crippen LogP) is 4.72. The Bertz CT molecular complexity index is 1250. The molecule has 33 heavy (non-hydrogen) atoms. The molecule has 1 N–H and O–H groups in total. The lowest BCUT2D eigenvalue weighted by Gasteiger charge is -2.27. The smallest absolute Gasteiger partial charge is 0.338 e. The van der Waals surface area contributed by atoms with Gasteiger partial charge in [0.25, 0.3) is 5.91 Å². The number of aliphatic hydroxyl groups is 1. The van der Waals surface area contributed by atoms with E-state index in [2.05, 4.69) is 0 Å². The molecule has 0 fully saturated rings. The fourth-order valence-corrected chi connectivity index (χ4v) is 4.45. The first kappa shape index (κ1) is 22.3. The molecule has 2 aromatic carbocycles. The Morgan fingerprint density at radius 3 is 2.58 bits per heavy atom. The Hall–Kier alpha value is -3.91. The Labute approximate surface area is 194 Å².